The number of carbonyl (C=O) groups excluding carboxylic acids is 1. The summed E-state index contributed by atoms with van der Waals surface area (Å²) in [5.41, 5.74) is 0.729. The van der Waals surface area contributed by atoms with E-state index in [0.29, 0.717) is 38.0 Å². The van der Waals surface area contributed by atoms with E-state index in [1.807, 2.05) is 0 Å². The van der Waals surface area contributed by atoms with Gasteiger partial charge in [-0.2, -0.15) is 0 Å². The molecule has 0 bridgehead atoms. The average Bonchev–Trinajstić information content (AvgIpc) is 2.81. The van der Waals surface area contributed by atoms with Crippen molar-refractivity contribution in [1.82, 2.24) is 10.3 Å². The van der Waals surface area contributed by atoms with Gasteiger partial charge >= 0.3 is 5.97 Å². The lowest BCUT2D eigenvalue weighted by Gasteiger charge is -2.25. The number of carboxylic acid groups (broad SMARTS) is 1. The van der Waals surface area contributed by atoms with Crippen molar-refractivity contribution in [2.45, 2.75) is 39.2 Å². The first kappa shape index (κ1) is 13.6. The minimum Gasteiger partial charge on any atom is -0.481 e. The third-order valence-electron chi connectivity index (χ3n) is 3.72. The van der Waals surface area contributed by atoms with Crippen LogP contribution in [0.4, 0.5) is 0 Å². The molecule has 104 valence electrons. The molecule has 6 nitrogen and oxygen atoms in total. The number of carboxylic acids is 1. The van der Waals surface area contributed by atoms with Crippen molar-refractivity contribution < 1.29 is 19.1 Å². The largest absolute Gasteiger partial charge is 0.481 e. The highest BCUT2D eigenvalue weighted by molar-refractivity contribution is 5.79. The quantitative estimate of drug-likeness (QED) is 0.861. The predicted molar refractivity (Wildman–Crippen MR) is 66.2 cm³/mol. The lowest BCUT2D eigenvalue weighted by molar-refractivity contribution is -0.144. The molecule has 1 saturated carbocycles. The first-order chi connectivity index (χ1) is 9.08. The van der Waals surface area contributed by atoms with Crippen LogP contribution in [0.1, 0.15) is 37.1 Å². The number of oxazole rings is 1. The molecular weight excluding hydrogens is 248 g/mol. The maximum absolute atomic E-state index is 12.0. The van der Waals surface area contributed by atoms with E-state index in [9.17, 15) is 9.59 Å². The van der Waals surface area contributed by atoms with Gasteiger partial charge in [0.05, 0.1) is 12.5 Å². The summed E-state index contributed by atoms with van der Waals surface area (Å²) in [6, 6.07) is 0. The van der Waals surface area contributed by atoms with Crippen LogP contribution < -0.4 is 5.32 Å². The molecular formula is C13H18N2O4. The van der Waals surface area contributed by atoms with Crippen LogP contribution in [-0.4, -0.2) is 22.0 Å². The summed E-state index contributed by atoms with van der Waals surface area (Å²) in [7, 11) is 0. The van der Waals surface area contributed by atoms with Gasteiger partial charge in [0.2, 0.25) is 5.91 Å². The maximum atomic E-state index is 12.0. The van der Waals surface area contributed by atoms with Gasteiger partial charge in [0.1, 0.15) is 11.5 Å². The molecule has 1 fully saturated rings. The van der Waals surface area contributed by atoms with Crippen LogP contribution in [0.2, 0.25) is 0 Å². The Hall–Kier alpha value is -1.85. The summed E-state index contributed by atoms with van der Waals surface area (Å²) in [6.45, 7) is 2.16. The summed E-state index contributed by atoms with van der Waals surface area (Å²) >= 11 is 0. The van der Waals surface area contributed by atoms with Crippen molar-refractivity contribution in [1.29, 1.82) is 0 Å². The smallest absolute Gasteiger partial charge is 0.306 e. The highest BCUT2D eigenvalue weighted by Crippen LogP contribution is 2.29. The van der Waals surface area contributed by atoms with Gasteiger partial charge in [0.25, 0.3) is 0 Å². The van der Waals surface area contributed by atoms with Gasteiger partial charge in [0.15, 0.2) is 6.39 Å². The van der Waals surface area contributed by atoms with Gasteiger partial charge in [-0.3, -0.25) is 9.59 Å². The van der Waals surface area contributed by atoms with E-state index in [4.69, 9.17) is 9.52 Å². The fraction of sp³-hybridized carbons (Fsp3) is 0.615. The Morgan fingerprint density at radius 1 is 1.37 bits per heavy atom. The Balaban J connectivity index is 1.79. The maximum Gasteiger partial charge on any atom is 0.306 e. The zero-order chi connectivity index (χ0) is 13.8. The normalized spacial score (nSPS) is 23.0. The monoisotopic (exact) mass is 266 g/mol. The lowest BCUT2D eigenvalue weighted by atomic mass is 9.81. The Bertz CT molecular complexity index is 461. The molecule has 1 aliphatic carbocycles. The zero-order valence-electron chi connectivity index (χ0n) is 10.9. The van der Waals surface area contributed by atoms with Crippen LogP contribution in [0.5, 0.6) is 0 Å². The number of nitrogens with zero attached hydrogens (tertiary/aromatic N) is 1. The summed E-state index contributed by atoms with van der Waals surface area (Å²) < 4.78 is 5.06. The SMILES string of the molecule is Cc1ocnc1CNC(=O)C1CCC(C(=O)O)CC1. The molecule has 2 N–H and O–H groups in total. The van der Waals surface area contributed by atoms with Crippen LogP contribution in [0.3, 0.4) is 0 Å². The van der Waals surface area contributed by atoms with Crippen molar-refractivity contribution in [3.63, 3.8) is 0 Å². The highest BCUT2D eigenvalue weighted by Gasteiger charge is 2.29. The lowest BCUT2D eigenvalue weighted by Crippen LogP contribution is -2.34. The Kier molecular flexibility index (Phi) is 4.19. The van der Waals surface area contributed by atoms with Gasteiger partial charge < -0.3 is 14.8 Å². The second-order valence-corrected chi connectivity index (χ2v) is 4.96. The molecule has 6 heteroatoms. The molecule has 1 aromatic heterocycles. The summed E-state index contributed by atoms with van der Waals surface area (Å²) in [6.07, 6.45) is 3.79. The average molecular weight is 266 g/mol. The van der Waals surface area contributed by atoms with Crippen LogP contribution >= 0.6 is 0 Å². The number of aliphatic carboxylic acids is 1. The van der Waals surface area contributed by atoms with E-state index in [-0.39, 0.29) is 17.7 Å². The molecule has 0 aromatic carbocycles. The molecule has 0 aliphatic heterocycles. The first-order valence-electron chi connectivity index (χ1n) is 6.47. The van der Waals surface area contributed by atoms with Gasteiger partial charge in [0, 0.05) is 5.92 Å². The van der Waals surface area contributed by atoms with Gasteiger partial charge in [-0.15, -0.1) is 0 Å². The summed E-state index contributed by atoms with van der Waals surface area (Å²) in [5, 5.41) is 11.7. The standard InChI is InChI=1S/C13H18N2O4/c1-8-11(15-7-19-8)6-14-12(16)9-2-4-10(5-3-9)13(17)18/h7,9-10H,2-6H2,1H3,(H,14,16)(H,17,18). The number of aryl methyl sites for hydroxylation is 1. The number of hydrogen-bond donors (Lipinski definition) is 2. The number of nitrogens with one attached hydrogen (secondary N) is 1. The van der Waals surface area contributed by atoms with E-state index >= 15 is 0 Å². The molecule has 1 amide bonds. The Labute approximate surface area is 111 Å². The molecule has 1 heterocycles. The molecule has 0 unspecified atom stereocenters. The van der Waals surface area contributed by atoms with Gasteiger partial charge in [-0.05, 0) is 32.6 Å². The third kappa shape index (κ3) is 3.33. The number of amides is 1. The molecule has 0 spiro atoms. The molecule has 19 heavy (non-hydrogen) atoms. The minimum absolute atomic E-state index is 0.0220. The number of rotatable bonds is 4. The fourth-order valence-electron chi connectivity index (χ4n) is 2.42. The molecule has 1 aliphatic rings. The number of aromatic nitrogens is 1. The zero-order valence-corrected chi connectivity index (χ0v) is 10.9. The first-order valence-corrected chi connectivity index (χ1v) is 6.47. The minimum atomic E-state index is -0.753. The van der Waals surface area contributed by atoms with E-state index < -0.39 is 5.97 Å². The number of hydrogen-bond acceptors (Lipinski definition) is 4. The van der Waals surface area contributed by atoms with Gasteiger partial charge in [-0.1, -0.05) is 0 Å². The third-order valence-corrected chi connectivity index (χ3v) is 3.72. The van der Waals surface area contributed by atoms with Crippen LogP contribution in [0, 0.1) is 18.8 Å². The van der Waals surface area contributed by atoms with Gasteiger partial charge in [-0.25, -0.2) is 4.98 Å². The molecule has 1 aromatic rings. The van der Waals surface area contributed by atoms with Crippen molar-refractivity contribution in [3.05, 3.63) is 17.8 Å². The molecule has 0 atom stereocenters. The van der Waals surface area contributed by atoms with Crippen LogP contribution in [0.25, 0.3) is 0 Å². The van der Waals surface area contributed by atoms with Crippen LogP contribution in [-0.2, 0) is 16.1 Å². The summed E-state index contributed by atoms with van der Waals surface area (Å²) in [4.78, 5) is 26.8. The molecule has 0 radical (unpaired) electrons. The molecule has 0 saturated heterocycles. The van der Waals surface area contributed by atoms with E-state index in [2.05, 4.69) is 10.3 Å². The Morgan fingerprint density at radius 3 is 2.53 bits per heavy atom. The highest BCUT2D eigenvalue weighted by atomic mass is 16.4. The van der Waals surface area contributed by atoms with E-state index in [0.717, 1.165) is 5.69 Å². The van der Waals surface area contributed by atoms with Crippen molar-refractivity contribution >= 4 is 11.9 Å². The van der Waals surface area contributed by atoms with E-state index in [1.165, 1.54) is 6.39 Å². The second kappa shape index (κ2) is 5.86. The topological polar surface area (TPSA) is 92.4 Å². The Morgan fingerprint density at radius 2 is 2.00 bits per heavy atom. The molecule has 2 rings (SSSR count). The second-order valence-electron chi connectivity index (χ2n) is 4.96. The van der Waals surface area contributed by atoms with Crippen molar-refractivity contribution in [2.24, 2.45) is 11.8 Å². The van der Waals surface area contributed by atoms with E-state index in [1.54, 1.807) is 6.92 Å². The van der Waals surface area contributed by atoms with Crippen molar-refractivity contribution in [3.8, 4) is 0 Å². The fourth-order valence-corrected chi connectivity index (χ4v) is 2.42. The summed E-state index contributed by atoms with van der Waals surface area (Å²) in [5.74, 6) is -0.442. The number of carbonyl (C=O) groups is 2. The van der Waals surface area contributed by atoms with Crippen LogP contribution in [0.15, 0.2) is 10.8 Å². The predicted octanol–water partition coefficient (Wildman–Crippen LogP) is 1.49. The van der Waals surface area contributed by atoms with Crippen molar-refractivity contribution in [2.75, 3.05) is 0 Å².